The first-order valence-electron chi connectivity index (χ1n) is 8.33. The highest BCUT2D eigenvalue weighted by molar-refractivity contribution is 5.91. The van der Waals surface area contributed by atoms with Crippen molar-refractivity contribution >= 4 is 5.91 Å². The van der Waals surface area contributed by atoms with Gasteiger partial charge in [0.1, 0.15) is 0 Å². The Kier molecular flexibility index (Phi) is 2.90. The highest BCUT2D eigenvalue weighted by Crippen LogP contribution is 2.50. The zero-order valence-electron chi connectivity index (χ0n) is 12.5. The van der Waals surface area contributed by atoms with E-state index in [1.54, 1.807) is 0 Å². The molecule has 112 valence electrons. The van der Waals surface area contributed by atoms with Gasteiger partial charge in [0.2, 0.25) is 5.91 Å². The van der Waals surface area contributed by atoms with Crippen LogP contribution < -0.4 is 11.1 Å². The van der Waals surface area contributed by atoms with Gasteiger partial charge in [0.15, 0.2) is 0 Å². The third kappa shape index (κ3) is 2.28. The summed E-state index contributed by atoms with van der Waals surface area (Å²) >= 11 is 0. The molecule has 0 radical (unpaired) electrons. The average Bonchev–Trinajstić information content (AvgIpc) is 3.40. The largest absolute Gasteiger partial charge is 0.353 e. The lowest BCUT2D eigenvalue weighted by atomic mass is 9.91. The van der Waals surface area contributed by atoms with Crippen LogP contribution in [0, 0.1) is 0 Å². The van der Waals surface area contributed by atoms with Crippen LogP contribution in [0.4, 0.5) is 0 Å². The summed E-state index contributed by atoms with van der Waals surface area (Å²) in [5.41, 5.74) is 8.31. The summed E-state index contributed by atoms with van der Waals surface area (Å²) in [6.07, 6.45) is 8.89. The minimum absolute atomic E-state index is 0.117. The molecule has 0 aromatic heterocycles. The van der Waals surface area contributed by atoms with Gasteiger partial charge in [-0.3, -0.25) is 4.79 Å². The molecule has 21 heavy (non-hydrogen) atoms. The number of amides is 1. The zero-order valence-corrected chi connectivity index (χ0v) is 12.5. The molecule has 4 rings (SSSR count). The molecule has 3 saturated carbocycles. The Labute approximate surface area is 126 Å². The smallest absolute Gasteiger partial charge is 0.230 e. The van der Waals surface area contributed by atoms with Gasteiger partial charge in [-0.25, -0.2) is 0 Å². The maximum Gasteiger partial charge on any atom is 0.230 e. The third-order valence-electron chi connectivity index (χ3n) is 5.65. The highest BCUT2D eigenvalue weighted by atomic mass is 16.2. The van der Waals surface area contributed by atoms with Crippen LogP contribution in [0.1, 0.15) is 62.5 Å². The summed E-state index contributed by atoms with van der Waals surface area (Å²) in [7, 11) is 0. The number of hydrogen-bond donors (Lipinski definition) is 2. The predicted molar refractivity (Wildman–Crippen MR) is 82.9 cm³/mol. The second kappa shape index (κ2) is 4.57. The lowest BCUT2D eigenvalue weighted by Crippen LogP contribution is -2.40. The van der Waals surface area contributed by atoms with E-state index in [2.05, 4.69) is 29.6 Å². The van der Waals surface area contributed by atoms with Gasteiger partial charge in [-0.05, 0) is 49.7 Å². The Hall–Kier alpha value is -1.35. The molecule has 3 N–H and O–H groups in total. The fourth-order valence-electron chi connectivity index (χ4n) is 3.72. The zero-order chi connectivity index (χ0) is 14.5. The molecule has 3 fully saturated rings. The third-order valence-corrected chi connectivity index (χ3v) is 5.65. The lowest BCUT2D eigenvalue weighted by Gasteiger charge is -2.21. The van der Waals surface area contributed by atoms with Crippen molar-refractivity contribution < 1.29 is 4.79 Å². The van der Waals surface area contributed by atoms with Crippen LogP contribution in [-0.2, 0) is 15.7 Å². The first-order valence-corrected chi connectivity index (χ1v) is 8.33. The fourth-order valence-corrected chi connectivity index (χ4v) is 3.72. The topological polar surface area (TPSA) is 55.1 Å². The van der Waals surface area contributed by atoms with Crippen molar-refractivity contribution in [3.8, 4) is 0 Å². The first-order chi connectivity index (χ1) is 10.1. The molecule has 0 heterocycles. The van der Waals surface area contributed by atoms with Crippen LogP contribution in [0.15, 0.2) is 24.3 Å². The molecular formula is C18H24N2O. The molecule has 0 saturated heterocycles. The second-order valence-electron chi connectivity index (χ2n) is 7.27. The summed E-state index contributed by atoms with van der Waals surface area (Å²) in [4.78, 5) is 12.7. The summed E-state index contributed by atoms with van der Waals surface area (Å²) in [6, 6.07) is 8.88. The van der Waals surface area contributed by atoms with Gasteiger partial charge in [-0.2, -0.15) is 0 Å². The van der Waals surface area contributed by atoms with Crippen molar-refractivity contribution in [2.75, 3.05) is 0 Å². The minimum atomic E-state index is -0.260. The molecular weight excluding hydrogens is 260 g/mol. The van der Waals surface area contributed by atoms with E-state index in [-0.39, 0.29) is 16.9 Å². The highest BCUT2D eigenvalue weighted by Gasteiger charge is 2.52. The number of nitrogens with two attached hydrogens (primary N) is 1. The van der Waals surface area contributed by atoms with E-state index < -0.39 is 0 Å². The Bertz CT molecular complexity index is 566. The van der Waals surface area contributed by atoms with E-state index in [9.17, 15) is 4.79 Å². The van der Waals surface area contributed by atoms with Crippen LogP contribution in [0.3, 0.4) is 0 Å². The summed E-state index contributed by atoms with van der Waals surface area (Å²) < 4.78 is 0. The maximum atomic E-state index is 12.7. The monoisotopic (exact) mass is 284 g/mol. The Morgan fingerprint density at radius 1 is 1.10 bits per heavy atom. The fraction of sp³-hybridized carbons (Fsp3) is 0.611. The molecule has 0 bridgehead atoms. The summed E-state index contributed by atoms with van der Waals surface area (Å²) in [6.45, 7) is 0. The van der Waals surface area contributed by atoms with Crippen molar-refractivity contribution in [1.82, 2.24) is 5.32 Å². The van der Waals surface area contributed by atoms with Crippen molar-refractivity contribution in [3.63, 3.8) is 0 Å². The molecule has 3 aliphatic carbocycles. The number of carbonyl (C=O) groups excluding carboxylic acids is 1. The SMILES string of the molecule is NC1(c2cccc(C3(C(=O)NC4CCCC4)CC3)c2)CC1. The quantitative estimate of drug-likeness (QED) is 0.893. The van der Waals surface area contributed by atoms with E-state index in [0.29, 0.717) is 6.04 Å². The molecule has 3 nitrogen and oxygen atoms in total. The maximum absolute atomic E-state index is 12.7. The van der Waals surface area contributed by atoms with Crippen LogP contribution in [0.2, 0.25) is 0 Å². The average molecular weight is 284 g/mol. The molecule has 0 unspecified atom stereocenters. The van der Waals surface area contributed by atoms with Gasteiger partial charge in [0.05, 0.1) is 5.41 Å². The number of carbonyl (C=O) groups is 1. The van der Waals surface area contributed by atoms with Crippen molar-refractivity contribution in [1.29, 1.82) is 0 Å². The molecule has 1 aromatic carbocycles. The van der Waals surface area contributed by atoms with Crippen LogP contribution in [0.25, 0.3) is 0 Å². The normalized spacial score (nSPS) is 25.6. The van der Waals surface area contributed by atoms with Crippen molar-refractivity contribution in [3.05, 3.63) is 35.4 Å². The van der Waals surface area contributed by atoms with Gasteiger partial charge < -0.3 is 11.1 Å². The Balaban J connectivity index is 1.55. The van der Waals surface area contributed by atoms with Gasteiger partial charge in [0, 0.05) is 11.6 Å². The van der Waals surface area contributed by atoms with E-state index in [1.165, 1.54) is 24.0 Å². The number of benzene rings is 1. The number of hydrogen-bond acceptors (Lipinski definition) is 2. The van der Waals surface area contributed by atoms with Crippen molar-refractivity contribution in [2.45, 2.75) is 68.4 Å². The van der Waals surface area contributed by atoms with Crippen LogP contribution >= 0.6 is 0 Å². The lowest BCUT2D eigenvalue weighted by molar-refractivity contribution is -0.124. The molecule has 0 atom stereocenters. The van der Waals surface area contributed by atoms with Crippen LogP contribution in [-0.4, -0.2) is 11.9 Å². The standard InChI is InChI=1S/C18H24N2O/c19-18(10-11-18)14-5-3-4-13(12-14)17(8-9-17)16(21)20-15-6-1-2-7-15/h3-5,12,15H,1-2,6-11,19H2,(H,20,21). The van der Waals surface area contributed by atoms with Gasteiger partial charge in [-0.1, -0.05) is 37.1 Å². The van der Waals surface area contributed by atoms with Gasteiger partial charge in [0.25, 0.3) is 0 Å². The van der Waals surface area contributed by atoms with Gasteiger partial charge >= 0.3 is 0 Å². The summed E-state index contributed by atoms with van der Waals surface area (Å²) in [5, 5.41) is 3.28. The minimum Gasteiger partial charge on any atom is -0.353 e. The molecule has 1 aromatic rings. The first kappa shape index (κ1) is 13.3. The number of rotatable bonds is 4. The Morgan fingerprint density at radius 3 is 2.38 bits per heavy atom. The van der Waals surface area contributed by atoms with Gasteiger partial charge in [-0.15, -0.1) is 0 Å². The molecule has 3 heteroatoms. The van der Waals surface area contributed by atoms with E-state index >= 15 is 0 Å². The summed E-state index contributed by atoms with van der Waals surface area (Å²) in [5.74, 6) is 0.244. The Morgan fingerprint density at radius 2 is 1.76 bits per heavy atom. The predicted octanol–water partition coefficient (Wildman–Crippen LogP) is 2.72. The van der Waals surface area contributed by atoms with E-state index in [4.69, 9.17) is 5.73 Å². The molecule has 0 aliphatic heterocycles. The van der Waals surface area contributed by atoms with E-state index in [0.717, 1.165) is 38.5 Å². The molecule has 3 aliphatic rings. The van der Waals surface area contributed by atoms with Crippen molar-refractivity contribution in [2.24, 2.45) is 5.73 Å². The second-order valence-corrected chi connectivity index (χ2v) is 7.27. The molecule has 0 spiro atoms. The van der Waals surface area contributed by atoms with Crippen LogP contribution in [0.5, 0.6) is 0 Å². The number of nitrogens with one attached hydrogen (secondary N) is 1. The molecule has 1 amide bonds. The van der Waals surface area contributed by atoms with E-state index in [1.807, 2.05) is 0 Å².